The summed E-state index contributed by atoms with van der Waals surface area (Å²) in [6.45, 7) is 8.82. The van der Waals surface area contributed by atoms with Crippen molar-refractivity contribution in [2.24, 2.45) is 4.99 Å². The third kappa shape index (κ3) is 5.52. The van der Waals surface area contributed by atoms with E-state index in [1.54, 1.807) is 0 Å². The highest BCUT2D eigenvalue weighted by atomic mass is 16.5. The molecule has 0 radical (unpaired) electrons. The van der Waals surface area contributed by atoms with E-state index in [2.05, 4.69) is 22.5 Å². The molecule has 5 heteroatoms. The third-order valence-corrected chi connectivity index (χ3v) is 4.11. The maximum atomic E-state index is 10.3. The standard InChI is InChI=1S/C18H29N3O2/c1-4-19-17(21-13-18(3)9-6-10-23-18)20-12-16(22)15-8-5-7-14(2)11-15/h5,7-8,11,16,22H,4,6,9-10,12-13H2,1-3H3,(H2,19,20,21). The second kappa shape index (κ2) is 8.31. The van der Waals surface area contributed by atoms with E-state index in [0.717, 1.165) is 43.1 Å². The number of aliphatic imine (C=N–C) groups is 1. The second-order valence-electron chi connectivity index (χ2n) is 6.41. The molecule has 2 rings (SSSR count). The summed E-state index contributed by atoms with van der Waals surface area (Å²) in [5.41, 5.74) is 1.91. The van der Waals surface area contributed by atoms with Crippen molar-refractivity contribution in [1.82, 2.24) is 10.6 Å². The zero-order chi connectivity index (χ0) is 16.7. The quantitative estimate of drug-likeness (QED) is 0.555. The topological polar surface area (TPSA) is 65.9 Å². The summed E-state index contributed by atoms with van der Waals surface area (Å²) < 4.78 is 5.77. The molecule has 3 N–H and O–H groups in total. The molecule has 1 aliphatic rings. The average molecular weight is 319 g/mol. The van der Waals surface area contributed by atoms with Gasteiger partial charge in [-0.15, -0.1) is 0 Å². The number of aryl methyl sites for hydroxylation is 1. The summed E-state index contributed by atoms with van der Waals surface area (Å²) in [6, 6.07) is 7.93. The normalized spacial score (nSPS) is 22.9. The van der Waals surface area contributed by atoms with Crippen LogP contribution in [0.1, 0.15) is 43.9 Å². The van der Waals surface area contributed by atoms with E-state index in [-0.39, 0.29) is 5.60 Å². The first-order chi connectivity index (χ1) is 11.0. The first kappa shape index (κ1) is 17.8. The lowest BCUT2D eigenvalue weighted by Gasteiger charge is -2.22. The van der Waals surface area contributed by atoms with Crippen LogP contribution in [0.15, 0.2) is 29.3 Å². The van der Waals surface area contributed by atoms with Gasteiger partial charge in [0.2, 0.25) is 0 Å². The predicted molar refractivity (Wildman–Crippen MR) is 93.7 cm³/mol. The highest BCUT2D eigenvalue weighted by molar-refractivity contribution is 5.79. The summed E-state index contributed by atoms with van der Waals surface area (Å²) in [4.78, 5) is 4.61. The molecule has 0 amide bonds. The van der Waals surface area contributed by atoms with Gasteiger partial charge in [-0.25, -0.2) is 0 Å². The van der Waals surface area contributed by atoms with Gasteiger partial charge < -0.3 is 20.5 Å². The molecule has 0 aliphatic carbocycles. The summed E-state index contributed by atoms with van der Waals surface area (Å²) in [7, 11) is 0. The molecule has 2 unspecified atom stereocenters. The number of benzene rings is 1. The van der Waals surface area contributed by atoms with Gasteiger partial charge in [-0.2, -0.15) is 0 Å². The SMILES string of the molecule is CCNC(=NCC1(C)CCCO1)NCC(O)c1cccc(C)c1. The van der Waals surface area contributed by atoms with Crippen molar-refractivity contribution in [3.05, 3.63) is 35.4 Å². The van der Waals surface area contributed by atoms with Crippen LogP contribution in [0.5, 0.6) is 0 Å². The summed E-state index contributed by atoms with van der Waals surface area (Å²) in [5, 5.41) is 16.7. The van der Waals surface area contributed by atoms with Crippen molar-refractivity contribution in [1.29, 1.82) is 0 Å². The van der Waals surface area contributed by atoms with Gasteiger partial charge in [0.1, 0.15) is 0 Å². The fraction of sp³-hybridized carbons (Fsp3) is 0.611. The summed E-state index contributed by atoms with van der Waals surface area (Å²) in [6.07, 6.45) is 1.58. The molecule has 1 heterocycles. The molecule has 1 aliphatic heterocycles. The minimum atomic E-state index is -0.558. The number of nitrogens with zero attached hydrogens (tertiary/aromatic N) is 1. The van der Waals surface area contributed by atoms with Gasteiger partial charge in [0, 0.05) is 19.7 Å². The molecule has 5 nitrogen and oxygen atoms in total. The van der Waals surface area contributed by atoms with Crippen LogP contribution >= 0.6 is 0 Å². The van der Waals surface area contributed by atoms with Gasteiger partial charge in [-0.3, -0.25) is 4.99 Å². The molecule has 23 heavy (non-hydrogen) atoms. The fourth-order valence-electron chi connectivity index (χ4n) is 2.74. The van der Waals surface area contributed by atoms with Crippen LogP contribution < -0.4 is 10.6 Å². The number of ether oxygens (including phenoxy) is 1. The zero-order valence-corrected chi connectivity index (χ0v) is 14.4. The molecule has 0 saturated carbocycles. The lowest BCUT2D eigenvalue weighted by molar-refractivity contribution is 0.0283. The number of rotatable bonds is 6. The van der Waals surface area contributed by atoms with E-state index in [9.17, 15) is 5.11 Å². The van der Waals surface area contributed by atoms with Crippen molar-refractivity contribution >= 4 is 5.96 Å². The Balaban J connectivity index is 1.91. The number of hydrogen-bond acceptors (Lipinski definition) is 3. The first-order valence-electron chi connectivity index (χ1n) is 8.43. The molecular weight excluding hydrogens is 290 g/mol. The number of hydrogen-bond donors (Lipinski definition) is 3. The minimum Gasteiger partial charge on any atom is -0.387 e. The Morgan fingerprint density at radius 2 is 2.26 bits per heavy atom. The molecule has 1 fully saturated rings. The minimum absolute atomic E-state index is 0.155. The zero-order valence-electron chi connectivity index (χ0n) is 14.4. The lowest BCUT2D eigenvalue weighted by atomic mass is 10.0. The van der Waals surface area contributed by atoms with Crippen LogP contribution in [0, 0.1) is 6.92 Å². The van der Waals surface area contributed by atoms with E-state index in [1.165, 1.54) is 0 Å². The highest BCUT2D eigenvalue weighted by Crippen LogP contribution is 2.25. The Morgan fingerprint density at radius 3 is 2.91 bits per heavy atom. The van der Waals surface area contributed by atoms with E-state index in [4.69, 9.17) is 4.74 Å². The van der Waals surface area contributed by atoms with E-state index < -0.39 is 6.10 Å². The molecule has 1 saturated heterocycles. The van der Waals surface area contributed by atoms with Crippen molar-refractivity contribution in [2.45, 2.75) is 45.3 Å². The van der Waals surface area contributed by atoms with Crippen molar-refractivity contribution in [2.75, 3.05) is 26.2 Å². The lowest BCUT2D eigenvalue weighted by Crippen LogP contribution is -2.41. The maximum Gasteiger partial charge on any atom is 0.191 e. The van der Waals surface area contributed by atoms with E-state index in [0.29, 0.717) is 13.1 Å². The molecule has 0 bridgehead atoms. The number of guanidine groups is 1. The van der Waals surface area contributed by atoms with Gasteiger partial charge in [-0.1, -0.05) is 29.8 Å². The van der Waals surface area contributed by atoms with E-state index in [1.807, 2.05) is 38.1 Å². The van der Waals surface area contributed by atoms with Crippen LogP contribution in [0.2, 0.25) is 0 Å². The molecule has 0 spiro atoms. The molecule has 1 aromatic rings. The van der Waals surface area contributed by atoms with Crippen molar-refractivity contribution < 1.29 is 9.84 Å². The average Bonchev–Trinajstić information content (AvgIpc) is 2.97. The molecule has 1 aromatic carbocycles. The Morgan fingerprint density at radius 1 is 1.43 bits per heavy atom. The van der Waals surface area contributed by atoms with E-state index >= 15 is 0 Å². The number of nitrogens with one attached hydrogen (secondary N) is 2. The summed E-state index contributed by atoms with van der Waals surface area (Å²) >= 11 is 0. The molecule has 2 atom stereocenters. The Hall–Kier alpha value is -1.59. The van der Waals surface area contributed by atoms with Crippen LogP contribution in [0.25, 0.3) is 0 Å². The molecular formula is C18H29N3O2. The monoisotopic (exact) mass is 319 g/mol. The van der Waals surface area contributed by atoms with Crippen LogP contribution in [0.4, 0.5) is 0 Å². The van der Waals surface area contributed by atoms with Crippen molar-refractivity contribution in [3.8, 4) is 0 Å². The molecule has 0 aromatic heterocycles. The van der Waals surface area contributed by atoms with Crippen LogP contribution in [-0.4, -0.2) is 42.9 Å². The second-order valence-corrected chi connectivity index (χ2v) is 6.41. The summed E-state index contributed by atoms with van der Waals surface area (Å²) in [5.74, 6) is 0.718. The van der Waals surface area contributed by atoms with Gasteiger partial charge in [-0.05, 0) is 39.2 Å². The van der Waals surface area contributed by atoms with Gasteiger partial charge in [0.15, 0.2) is 5.96 Å². The maximum absolute atomic E-state index is 10.3. The van der Waals surface area contributed by atoms with Gasteiger partial charge in [0.05, 0.1) is 18.2 Å². The fourth-order valence-corrected chi connectivity index (χ4v) is 2.74. The largest absolute Gasteiger partial charge is 0.387 e. The Bertz CT molecular complexity index is 525. The molecule has 128 valence electrons. The van der Waals surface area contributed by atoms with Crippen LogP contribution in [-0.2, 0) is 4.74 Å². The van der Waals surface area contributed by atoms with Gasteiger partial charge >= 0.3 is 0 Å². The first-order valence-corrected chi connectivity index (χ1v) is 8.43. The van der Waals surface area contributed by atoms with Crippen LogP contribution in [0.3, 0.4) is 0 Å². The van der Waals surface area contributed by atoms with Gasteiger partial charge in [0.25, 0.3) is 0 Å². The van der Waals surface area contributed by atoms with Crippen molar-refractivity contribution in [3.63, 3.8) is 0 Å². The predicted octanol–water partition coefficient (Wildman–Crippen LogP) is 2.15. The number of aliphatic hydroxyl groups excluding tert-OH is 1. The third-order valence-electron chi connectivity index (χ3n) is 4.11. The Labute approximate surface area is 139 Å². The smallest absolute Gasteiger partial charge is 0.191 e. The Kier molecular flexibility index (Phi) is 6.42. The number of aliphatic hydroxyl groups is 1. The highest BCUT2D eigenvalue weighted by Gasteiger charge is 2.29.